The van der Waals surface area contributed by atoms with Gasteiger partial charge >= 0.3 is 26.5 Å². The molecule has 2 heterocycles. The average Bonchev–Trinajstić information content (AvgIpc) is 3.16. The van der Waals surface area contributed by atoms with Gasteiger partial charge in [-0.15, -0.1) is 9.35 Å². The van der Waals surface area contributed by atoms with E-state index in [1.165, 1.54) is 36.4 Å². The molecule has 3 fully saturated rings. The lowest BCUT2D eigenvalue weighted by Gasteiger charge is -2.33. The number of allylic oxidation sites excluding steroid dienone is 1. The van der Waals surface area contributed by atoms with Crippen LogP contribution in [-0.2, 0) is 43.1 Å². The van der Waals surface area contributed by atoms with Crippen molar-refractivity contribution in [3.05, 3.63) is 73.5 Å². The zero-order valence-electron chi connectivity index (χ0n) is 20.5. The fraction of sp³-hybridized carbons (Fsp3) is 0.292. The number of ketones is 1. The highest BCUT2D eigenvalue weighted by atomic mass is 35.5. The van der Waals surface area contributed by atoms with E-state index in [9.17, 15) is 36.1 Å². The van der Waals surface area contributed by atoms with Gasteiger partial charge in [-0.3, -0.25) is 14.4 Å². The van der Waals surface area contributed by atoms with Crippen molar-refractivity contribution in [2.24, 2.45) is 29.6 Å². The molecule has 7 atom stereocenters. The van der Waals surface area contributed by atoms with E-state index in [2.05, 4.69) is 0 Å². The first-order valence-electron chi connectivity index (χ1n) is 12.0. The van der Waals surface area contributed by atoms with E-state index < -0.39 is 89.5 Å². The topological polar surface area (TPSA) is 161 Å². The maximum Gasteiger partial charge on any atom is 0.330 e. The SMILES string of the molecule is O=C1C2C=CC3C(C4C(=O)N(OS(=O)(=O)c5cc(Cl)ccc5Cl)C(=O)C24)C1C(OS(=O)(=O)c1cc(Cl)ccc1Cl)[N+]3=O. The average molecular weight is 697 g/mol. The molecule has 3 aliphatic carbocycles. The normalized spacial score (nSPS) is 30.3. The van der Waals surface area contributed by atoms with Gasteiger partial charge in [-0.2, -0.15) is 21.0 Å². The van der Waals surface area contributed by atoms with E-state index in [1.54, 1.807) is 0 Å². The molecule has 1 saturated carbocycles. The summed E-state index contributed by atoms with van der Waals surface area (Å²) >= 11 is 23.8. The number of rotatable bonds is 6. The Hall–Kier alpha value is -2.43. The lowest BCUT2D eigenvalue weighted by Crippen LogP contribution is -2.49. The summed E-state index contributed by atoms with van der Waals surface area (Å²) < 4.78 is 62.7. The number of halogens is 4. The summed E-state index contributed by atoms with van der Waals surface area (Å²) in [5.74, 6) is -9.89. The summed E-state index contributed by atoms with van der Waals surface area (Å²) in [7, 11) is -9.64. The van der Waals surface area contributed by atoms with Gasteiger partial charge in [0.05, 0.1) is 27.8 Å². The molecule has 2 amide bonds. The minimum absolute atomic E-state index is 0.00704. The molecule has 2 aromatic carbocycles. The Morgan fingerprint density at radius 1 is 0.738 bits per heavy atom. The van der Waals surface area contributed by atoms with Gasteiger partial charge in [0.15, 0.2) is 5.78 Å². The quantitative estimate of drug-likeness (QED) is 0.189. The molecular weight excluding hydrogens is 682 g/mol. The molecule has 0 aromatic heterocycles. The molecule has 2 saturated heterocycles. The third-order valence-electron chi connectivity index (χ3n) is 7.72. The number of nitrogens with zero attached hydrogens (tertiary/aromatic N) is 2. The van der Waals surface area contributed by atoms with Crippen molar-refractivity contribution in [1.29, 1.82) is 0 Å². The third-order valence-corrected chi connectivity index (χ3v) is 11.6. The van der Waals surface area contributed by atoms with Crippen molar-refractivity contribution in [2.45, 2.75) is 22.1 Å². The van der Waals surface area contributed by atoms with Crippen LogP contribution in [0.1, 0.15) is 0 Å². The third kappa shape index (κ3) is 4.42. The van der Waals surface area contributed by atoms with Crippen molar-refractivity contribution < 1.29 is 44.4 Å². The number of carbonyl (C=O) groups is 3. The molecule has 18 heteroatoms. The second-order valence-corrected chi connectivity index (χ2v) is 14.6. The van der Waals surface area contributed by atoms with Crippen molar-refractivity contribution in [3.63, 3.8) is 0 Å². The number of Topliss-reactive ketones (excluding diaryl/α,β-unsaturated/α-hetero) is 1. The first-order valence-corrected chi connectivity index (χ1v) is 16.3. The van der Waals surface area contributed by atoms with E-state index in [0.29, 0.717) is 0 Å². The summed E-state index contributed by atoms with van der Waals surface area (Å²) in [5.41, 5.74) is 0. The number of carbonyl (C=O) groups excluding carboxylic acids is 3. The molecule has 42 heavy (non-hydrogen) atoms. The maximum absolute atomic E-state index is 13.6. The summed E-state index contributed by atoms with van der Waals surface area (Å²) in [6, 6.07) is 5.72. The predicted octanol–water partition coefficient (Wildman–Crippen LogP) is 3.42. The highest BCUT2D eigenvalue weighted by Gasteiger charge is 2.75. The standard InChI is InChI=1S/C24H15Cl4N2O10S2/c25-9-1-4-12(27)15(7-9)41(35,36)39-24-20-18-14(29(24)34)6-3-11(21(20)31)17-19(18)23(33)30(22(17)32)40-42(37,38)16-8-10(26)2-5-13(16)28/h1-8,11,14,17-20,24H/q+1. The van der Waals surface area contributed by atoms with Crippen LogP contribution < -0.4 is 0 Å². The van der Waals surface area contributed by atoms with Gasteiger partial charge in [0.2, 0.25) is 6.04 Å². The minimum atomic E-state index is -4.87. The van der Waals surface area contributed by atoms with Crippen molar-refractivity contribution >= 4 is 84.2 Å². The lowest BCUT2D eigenvalue weighted by molar-refractivity contribution is -0.624. The maximum atomic E-state index is 13.6. The molecule has 0 radical (unpaired) electrons. The van der Waals surface area contributed by atoms with Crippen LogP contribution in [0.2, 0.25) is 20.1 Å². The number of hydrogen-bond acceptors (Lipinski definition) is 10. The molecule has 220 valence electrons. The van der Waals surface area contributed by atoms with Crippen LogP contribution in [0.25, 0.3) is 0 Å². The summed E-state index contributed by atoms with van der Waals surface area (Å²) in [6.45, 7) is 0. The monoisotopic (exact) mass is 695 g/mol. The van der Waals surface area contributed by atoms with E-state index in [1.807, 2.05) is 0 Å². The second-order valence-electron chi connectivity index (χ2n) is 9.91. The van der Waals surface area contributed by atoms with Gasteiger partial charge in [0.1, 0.15) is 15.7 Å². The number of amides is 2. The Kier molecular flexibility index (Phi) is 7.10. The lowest BCUT2D eigenvalue weighted by atomic mass is 9.63. The van der Waals surface area contributed by atoms with Crippen LogP contribution >= 0.6 is 46.4 Å². The summed E-state index contributed by atoms with van der Waals surface area (Å²) in [4.78, 5) is 52.8. The first-order chi connectivity index (χ1) is 19.6. The summed E-state index contributed by atoms with van der Waals surface area (Å²) in [6.07, 6.45) is 0.674. The molecular formula is C24H15Cl4N2O10S2+. The Balaban J connectivity index is 1.35. The Labute approximate surface area is 257 Å². The molecule has 2 aliphatic heterocycles. The highest BCUT2D eigenvalue weighted by Crippen LogP contribution is 2.55. The van der Waals surface area contributed by atoms with E-state index in [0.717, 1.165) is 12.1 Å². The number of nitroso groups, excluding NO2 is 1. The Morgan fingerprint density at radius 2 is 1.29 bits per heavy atom. The second kappa shape index (κ2) is 10.1. The smallest absolute Gasteiger partial charge is 0.298 e. The van der Waals surface area contributed by atoms with E-state index >= 15 is 0 Å². The van der Waals surface area contributed by atoms with Gasteiger partial charge < -0.3 is 0 Å². The van der Waals surface area contributed by atoms with Gasteiger partial charge in [-0.25, -0.2) is 0 Å². The molecule has 0 spiro atoms. The molecule has 5 aliphatic rings. The van der Waals surface area contributed by atoms with Crippen LogP contribution in [0.4, 0.5) is 0 Å². The zero-order chi connectivity index (χ0) is 30.5. The van der Waals surface area contributed by atoms with Crippen LogP contribution in [0.5, 0.6) is 0 Å². The number of hydroxylamine groups is 2. The Bertz CT molecular complexity index is 1870. The van der Waals surface area contributed by atoms with Gasteiger partial charge in [-0.1, -0.05) is 52.5 Å². The van der Waals surface area contributed by atoms with Crippen molar-refractivity contribution in [3.8, 4) is 0 Å². The number of hydrogen-bond donors (Lipinski definition) is 0. The summed E-state index contributed by atoms with van der Waals surface area (Å²) in [5, 5.41) is -0.536. The van der Waals surface area contributed by atoms with Crippen molar-refractivity contribution in [2.75, 3.05) is 0 Å². The first kappa shape index (κ1) is 29.6. The van der Waals surface area contributed by atoms with Crippen LogP contribution in [0, 0.1) is 34.5 Å². The van der Waals surface area contributed by atoms with Crippen LogP contribution in [0.3, 0.4) is 0 Å². The minimum Gasteiger partial charge on any atom is -0.298 e. The highest BCUT2D eigenvalue weighted by molar-refractivity contribution is 7.87. The fourth-order valence-corrected chi connectivity index (χ4v) is 9.45. The molecule has 7 rings (SSSR count). The largest absolute Gasteiger partial charge is 0.330 e. The molecule has 4 bridgehead atoms. The fourth-order valence-electron chi connectivity index (χ4n) is 6.03. The molecule has 12 nitrogen and oxygen atoms in total. The van der Waals surface area contributed by atoms with Gasteiger partial charge in [-0.05, 0) is 42.5 Å². The van der Waals surface area contributed by atoms with E-state index in [-0.39, 0.29) is 29.9 Å². The van der Waals surface area contributed by atoms with Crippen LogP contribution in [-0.4, -0.2) is 56.5 Å². The van der Waals surface area contributed by atoms with Gasteiger partial charge in [0.25, 0.3) is 11.8 Å². The van der Waals surface area contributed by atoms with Crippen LogP contribution in [0.15, 0.2) is 58.3 Å². The van der Waals surface area contributed by atoms with E-state index in [4.69, 9.17) is 54.9 Å². The van der Waals surface area contributed by atoms with Crippen molar-refractivity contribution in [1.82, 2.24) is 5.06 Å². The molecule has 7 unspecified atom stereocenters. The molecule has 0 N–H and O–H groups in total. The van der Waals surface area contributed by atoms with Gasteiger partial charge in [0, 0.05) is 25.6 Å². The molecule has 2 aromatic rings. The zero-order valence-corrected chi connectivity index (χ0v) is 25.1. The number of imide groups is 1. The number of benzene rings is 2. The Morgan fingerprint density at radius 3 is 1.88 bits per heavy atom. The predicted molar refractivity (Wildman–Crippen MR) is 144 cm³/mol.